The minimum Gasteiger partial charge on any atom is -0.393 e. The zero-order chi connectivity index (χ0) is 10.2. The zero-order valence-electron chi connectivity index (χ0n) is 8.90. The Bertz CT molecular complexity index is 267. The van der Waals surface area contributed by atoms with E-state index in [0.29, 0.717) is 0 Å². The molecular formula is C12H18N2. The van der Waals surface area contributed by atoms with Gasteiger partial charge >= 0.3 is 0 Å². The van der Waals surface area contributed by atoms with E-state index in [1.807, 2.05) is 19.3 Å². The predicted octanol–water partition coefficient (Wildman–Crippen LogP) is 2.20. The molecule has 0 aliphatic heterocycles. The third-order valence-electron chi connectivity index (χ3n) is 2.09. The van der Waals surface area contributed by atoms with Crippen LogP contribution in [0.2, 0.25) is 0 Å². The third kappa shape index (κ3) is 3.52. The van der Waals surface area contributed by atoms with Crippen LogP contribution in [-0.4, -0.2) is 18.5 Å². The van der Waals surface area contributed by atoms with Crippen LogP contribution in [-0.2, 0) is 6.54 Å². The van der Waals surface area contributed by atoms with Gasteiger partial charge in [0.2, 0.25) is 0 Å². The van der Waals surface area contributed by atoms with Gasteiger partial charge in [-0.25, -0.2) is 0 Å². The van der Waals surface area contributed by atoms with Crippen molar-refractivity contribution in [2.24, 2.45) is 0 Å². The fourth-order valence-corrected chi connectivity index (χ4v) is 1.27. The second-order valence-electron chi connectivity index (χ2n) is 3.15. The van der Waals surface area contributed by atoms with Crippen LogP contribution in [0.15, 0.2) is 42.7 Å². The smallest absolute Gasteiger partial charge is 0.0424 e. The molecule has 2 nitrogen and oxygen atoms in total. The first-order valence-electron chi connectivity index (χ1n) is 4.98. The Balaban J connectivity index is 2.53. The number of rotatable bonds is 5. The maximum absolute atomic E-state index is 3.00. The molecule has 76 valence electrons. The van der Waals surface area contributed by atoms with Crippen molar-refractivity contribution in [2.75, 3.05) is 13.6 Å². The number of nitrogens with one attached hydrogen (secondary N) is 1. The van der Waals surface area contributed by atoms with Gasteiger partial charge in [0.05, 0.1) is 0 Å². The van der Waals surface area contributed by atoms with Crippen molar-refractivity contribution in [1.82, 2.24) is 10.2 Å². The third-order valence-corrected chi connectivity index (χ3v) is 2.09. The molecule has 0 atom stereocenters. The number of hydrogen-bond acceptors (Lipinski definition) is 2. The van der Waals surface area contributed by atoms with Crippen LogP contribution in [0.5, 0.6) is 0 Å². The summed E-state index contributed by atoms with van der Waals surface area (Å²) in [6, 6.07) is 10.5. The molecule has 0 aromatic heterocycles. The quantitative estimate of drug-likeness (QED) is 0.765. The molecule has 1 N–H and O–H groups in total. The molecule has 0 radical (unpaired) electrons. The van der Waals surface area contributed by atoms with Gasteiger partial charge < -0.3 is 10.2 Å². The molecule has 0 amide bonds. The summed E-state index contributed by atoms with van der Waals surface area (Å²) in [7, 11) is 1.91. The summed E-state index contributed by atoms with van der Waals surface area (Å²) in [6.07, 6.45) is 4.03. The van der Waals surface area contributed by atoms with E-state index in [1.165, 1.54) is 5.56 Å². The Kier molecular flexibility index (Phi) is 4.62. The lowest BCUT2D eigenvalue weighted by atomic mass is 10.2. The highest BCUT2D eigenvalue weighted by atomic mass is 15.1. The van der Waals surface area contributed by atoms with Crippen LogP contribution >= 0.6 is 0 Å². The van der Waals surface area contributed by atoms with Crippen LogP contribution in [0.25, 0.3) is 0 Å². The van der Waals surface area contributed by atoms with Gasteiger partial charge in [-0.2, -0.15) is 0 Å². The largest absolute Gasteiger partial charge is 0.393 e. The zero-order valence-corrected chi connectivity index (χ0v) is 8.90. The second kappa shape index (κ2) is 6.08. The Labute approximate surface area is 86.2 Å². The summed E-state index contributed by atoms with van der Waals surface area (Å²) in [4.78, 5) is 2.26. The van der Waals surface area contributed by atoms with Gasteiger partial charge in [-0.3, -0.25) is 0 Å². The SMILES string of the molecule is CCN(/C=C/NC)Cc1ccccc1. The van der Waals surface area contributed by atoms with E-state index in [4.69, 9.17) is 0 Å². The van der Waals surface area contributed by atoms with Crippen LogP contribution in [0.1, 0.15) is 12.5 Å². The molecule has 14 heavy (non-hydrogen) atoms. The van der Waals surface area contributed by atoms with Gasteiger partial charge in [-0.05, 0) is 12.5 Å². The average molecular weight is 190 g/mol. The van der Waals surface area contributed by atoms with E-state index in [1.54, 1.807) is 0 Å². The van der Waals surface area contributed by atoms with Crippen LogP contribution in [0.3, 0.4) is 0 Å². The van der Waals surface area contributed by atoms with Crippen LogP contribution in [0, 0.1) is 0 Å². The summed E-state index contributed by atoms with van der Waals surface area (Å²) in [5, 5.41) is 3.00. The van der Waals surface area contributed by atoms with E-state index in [9.17, 15) is 0 Å². The number of nitrogens with zero attached hydrogens (tertiary/aromatic N) is 1. The van der Waals surface area contributed by atoms with Crippen molar-refractivity contribution < 1.29 is 0 Å². The summed E-state index contributed by atoms with van der Waals surface area (Å²) in [5.74, 6) is 0. The standard InChI is InChI=1S/C12H18N2/c1-3-14(10-9-13-2)11-12-7-5-4-6-8-12/h4-10,13H,3,11H2,1-2H3/b10-9+. The molecule has 0 aliphatic rings. The highest BCUT2D eigenvalue weighted by Gasteiger charge is 1.96. The average Bonchev–Trinajstić information content (AvgIpc) is 2.25. The molecule has 0 fully saturated rings. The topological polar surface area (TPSA) is 15.3 Å². The molecule has 1 aromatic rings. The lowest BCUT2D eigenvalue weighted by Gasteiger charge is -2.17. The molecule has 0 heterocycles. The second-order valence-corrected chi connectivity index (χ2v) is 3.15. The molecular weight excluding hydrogens is 172 g/mol. The molecule has 0 saturated carbocycles. The maximum atomic E-state index is 3.00. The maximum Gasteiger partial charge on any atom is 0.0424 e. The van der Waals surface area contributed by atoms with E-state index >= 15 is 0 Å². The molecule has 0 spiro atoms. The minimum absolute atomic E-state index is 0.968. The van der Waals surface area contributed by atoms with Gasteiger partial charge in [-0.15, -0.1) is 0 Å². The molecule has 0 bridgehead atoms. The summed E-state index contributed by atoms with van der Waals surface area (Å²) >= 11 is 0. The fraction of sp³-hybridized carbons (Fsp3) is 0.333. The number of hydrogen-bond donors (Lipinski definition) is 1. The predicted molar refractivity (Wildman–Crippen MR) is 60.7 cm³/mol. The van der Waals surface area contributed by atoms with Crippen molar-refractivity contribution in [3.05, 3.63) is 48.3 Å². The Morgan fingerprint density at radius 3 is 2.57 bits per heavy atom. The lowest BCUT2D eigenvalue weighted by Crippen LogP contribution is -2.16. The van der Waals surface area contributed by atoms with Gasteiger partial charge in [-0.1, -0.05) is 30.3 Å². The van der Waals surface area contributed by atoms with Gasteiger partial charge in [0.15, 0.2) is 0 Å². The van der Waals surface area contributed by atoms with Gasteiger partial charge in [0, 0.05) is 32.5 Å². The molecule has 1 rings (SSSR count). The highest BCUT2D eigenvalue weighted by Crippen LogP contribution is 2.03. The molecule has 1 aromatic carbocycles. The molecule has 0 aliphatic carbocycles. The first-order chi connectivity index (χ1) is 6.86. The van der Waals surface area contributed by atoms with E-state index in [0.717, 1.165) is 13.1 Å². The molecule has 0 unspecified atom stereocenters. The Hall–Kier alpha value is -1.44. The van der Waals surface area contributed by atoms with Gasteiger partial charge in [0.1, 0.15) is 0 Å². The Morgan fingerprint density at radius 2 is 2.00 bits per heavy atom. The van der Waals surface area contributed by atoms with E-state index in [-0.39, 0.29) is 0 Å². The first kappa shape index (κ1) is 10.6. The Morgan fingerprint density at radius 1 is 1.29 bits per heavy atom. The van der Waals surface area contributed by atoms with Crippen molar-refractivity contribution in [2.45, 2.75) is 13.5 Å². The van der Waals surface area contributed by atoms with Crippen LogP contribution < -0.4 is 5.32 Å². The van der Waals surface area contributed by atoms with Crippen molar-refractivity contribution in [1.29, 1.82) is 0 Å². The minimum atomic E-state index is 0.968. The van der Waals surface area contributed by atoms with E-state index in [2.05, 4.69) is 47.6 Å². The monoisotopic (exact) mass is 190 g/mol. The van der Waals surface area contributed by atoms with Crippen molar-refractivity contribution in [3.63, 3.8) is 0 Å². The van der Waals surface area contributed by atoms with Crippen molar-refractivity contribution in [3.8, 4) is 0 Å². The van der Waals surface area contributed by atoms with Crippen LogP contribution in [0.4, 0.5) is 0 Å². The molecule has 0 saturated heterocycles. The first-order valence-corrected chi connectivity index (χ1v) is 4.98. The summed E-state index contributed by atoms with van der Waals surface area (Å²) in [5.41, 5.74) is 1.34. The number of benzene rings is 1. The van der Waals surface area contributed by atoms with Crippen molar-refractivity contribution >= 4 is 0 Å². The summed E-state index contributed by atoms with van der Waals surface area (Å²) < 4.78 is 0. The summed E-state index contributed by atoms with van der Waals surface area (Å²) in [6.45, 7) is 4.14. The molecule has 2 heteroatoms. The van der Waals surface area contributed by atoms with Gasteiger partial charge in [0.25, 0.3) is 0 Å². The highest BCUT2D eigenvalue weighted by molar-refractivity contribution is 5.14. The van der Waals surface area contributed by atoms with E-state index < -0.39 is 0 Å². The lowest BCUT2D eigenvalue weighted by molar-refractivity contribution is 0.388. The fourth-order valence-electron chi connectivity index (χ4n) is 1.27. The normalized spacial score (nSPS) is 10.4.